The third-order valence-corrected chi connectivity index (χ3v) is 3.96. The number of unbranched alkanes of at least 4 members (excludes halogenated alkanes) is 1. The van der Waals surface area contributed by atoms with E-state index in [1.807, 2.05) is 24.3 Å². The summed E-state index contributed by atoms with van der Waals surface area (Å²) >= 11 is 0. The van der Waals surface area contributed by atoms with E-state index in [-0.39, 0.29) is 0 Å². The van der Waals surface area contributed by atoms with E-state index in [9.17, 15) is 0 Å². The van der Waals surface area contributed by atoms with Gasteiger partial charge in [-0.3, -0.25) is 0 Å². The lowest BCUT2D eigenvalue weighted by molar-refractivity contribution is 0.289. The summed E-state index contributed by atoms with van der Waals surface area (Å²) in [5.41, 5.74) is 2.28. The zero-order chi connectivity index (χ0) is 17.9. The molecule has 0 radical (unpaired) electrons. The van der Waals surface area contributed by atoms with Crippen molar-refractivity contribution in [3.8, 4) is 11.5 Å². The summed E-state index contributed by atoms with van der Waals surface area (Å²) in [5, 5.41) is 3.46. The van der Waals surface area contributed by atoms with Gasteiger partial charge in [0.15, 0.2) is 0 Å². The van der Waals surface area contributed by atoms with Crippen molar-refractivity contribution in [2.24, 2.45) is 5.92 Å². The first kappa shape index (κ1) is 19.2. The maximum absolute atomic E-state index is 5.82. The van der Waals surface area contributed by atoms with Crippen LogP contribution in [-0.2, 0) is 6.54 Å². The summed E-state index contributed by atoms with van der Waals surface area (Å²) in [7, 11) is 0. The van der Waals surface area contributed by atoms with Gasteiger partial charge in [-0.25, -0.2) is 0 Å². The lowest BCUT2D eigenvalue weighted by Gasteiger charge is -2.12. The Hall–Kier alpha value is -2.16. The molecule has 0 atom stereocenters. The van der Waals surface area contributed by atoms with Gasteiger partial charge in [0.1, 0.15) is 11.5 Å². The minimum atomic E-state index is 0.660. The molecule has 0 bridgehead atoms. The number of benzene rings is 2. The van der Waals surface area contributed by atoms with Crippen molar-refractivity contribution in [2.45, 2.75) is 46.6 Å². The summed E-state index contributed by atoms with van der Waals surface area (Å²) < 4.78 is 11.6. The van der Waals surface area contributed by atoms with Crippen LogP contribution in [0, 0.1) is 5.92 Å². The lowest BCUT2D eigenvalue weighted by atomic mass is 10.1. The van der Waals surface area contributed by atoms with Gasteiger partial charge in [-0.15, -0.1) is 0 Å². The minimum Gasteiger partial charge on any atom is -0.494 e. The highest BCUT2D eigenvalue weighted by Gasteiger charge is 2.01. The number of rotatable bonds is 11. The standard InChI is InChI=1S/C22H31NO2/c1-4-5-13-24-21-10-6-8-19(15-21)17-23-20-9-7-11-22(16-20)25-14-12-18(2)3/h6-11,15-16,18,23H,4-5,12-14,17H2,1-3H3. The van der Waals surface area contributed by atoms with Crippen molar-refractivity contribution in [3.63, 3.8) is 0 Å². The predicted molar refractivity (Wildman–Crippen MR) is 106 cm³/mol. The van der Waals surface area contributed by atoms with Crippen molar-refractivity contribution in [1.29, 1.82) is 0 Å². The number of hydrogen-bond donors (Lipinski definition) is 1. The molecule has 2 aromatic carbocycles. The van der Waals surface area contributed by atoms with Gasteiger partial charge in [0.05, 0.1) is 13.2 Å². The van der Waals surface area contributed by atoms with E-state index in [1.165, 1.54) is 5.56 Å². The molecule has 136 valence electrons. The van der Waals surface area contributed by atoms with Crippen molar-refractivity contribution in [2.75, 3.05) is 18.5 Å². The largest absolute Gasteiger partial charge is 0.494 e. The third-order valence-electron chi connectivity index (χ3n) is 3.96. The lowest BCUT2D eigenvalue weighted by Crippen LogP contribution is -2.03. The first-order valence-corrected chi connectivity index (χ1v) is 9.36. The predicted octanol–water partition coefficient (Wildman–Crippen LogP) is 5.90. The van der Waals surface area contributed by atoms with E-state index in [2.05, 4.69) is 50.4 Å². The molecular formula is C22H31NO2. The van der Waals surface area contributed by atoms with Crippen LogP contribution in [0.3, 0.4) is 0 Å². The Kier molecular flexibility index (Phi) is 8.17. The Morgan fingerprint density at radius 2 is 1.64 bits per heavy atom. The van der Waals surface area contributed by atoms with Gasteiger partial charge in [-0.05, 0) is 48.6 Å². The summed E-state index contributed by atoms with van der Waals surface area (Å²) in [5.74, 6) is 2.52. The second-order valence-corrected chi connectivity index (χ2v) is 6.76. The molecule has 3 heteroatoms. The molecular weight excluding hydrogens is 310 g/mol. The molecule has 0 amide bonds. The van der Waals surface area contributed by atoms with E-state index in [4.69, 9.17) is 9.47 Å². The summed E-state index contributed by atoms with van der Waals surface area (Å²) in [6, 6.07) is 16.4. The molecule has 0 aliphatic carbocycles. The van der Waals surface area contributed by atoms with Crippen LogP contribution in [0.25, 0.3) is 0 Å². The molecule has 0 fully saturated rings. The fourth-order valence-electron chi connectivity index (χ4n) is 2.39. The summed E-state index contributed by atoms with van der Waals surface area (Å²) in [6.07, 6.45) is 3.31. The number of ether oxygens (including phenoxy) is 2. The fourth-order valence-corrected chi connectivity index (χ4v) is 2.39. The van der Waals surface area contributed by atoms with Crippen LogP contribution in [0.4, 0.5) is 5.69 Å². The summed E-state index contributed by atoms with van der Waals surface area (Å²) in [4.78, 5) is 0. The molecule has 2 aromatic rings. The molecule has 3 nitrogen and oxygen atoms in total. The minimum absolute atomic E-state index is 0.660. The topological polar surface area (TPSA) is 30.5 Å². The van der Waals surface area contributed by atoms with E-state index >= 15 is 0 Å². The molecule has 1 N–H and O–H groups in total. The van der Waals surface area contributed by atoms with E-state index in [1.54, 1.807) is 0 Å². The van der Waals surface area contributed by atoms with Gasteiger partial charge < -0.3 is 14.8 Å². The monoisotopic (exact) mass is 341 g/mol. The highest BCUT2D eigenvalue weighted by Crippen LogP contribution is 2.20. The van der Waals surface area contributed by atoms with Crippen LogP contribution in [-0.4, -0.2) is 13.2 Å². The summed E-state index contributed by atoms with van der Waals surface area (Å²) in [6.45, 7) is 8.90. The first-order valence-electron chi connectivity index (χ1n) is 9.36. The van der Waals surface area contributed by atoms with Crippen LogP contribution in [0.15, 0.2) is 48.5 Å². The maximum Gasteiger partial charge on any atom is 0.121 e. The Morgan fingerprint density at radius 3 is 2.40 bits per heavy atom. The van der Waals surface area contributed by atoms with Crippen LogP contribution in [0.2, 0.25) is 0 Å². The molecule has 0 aliphatic heterocycles. The number of hydrogen-bond acceptors (Lipinski definition) is 3. The average molecular weight is 341 g/mol. The van der Waals surface area contributed by atoms with Gasteiger partial charge >= 0.3 is 0 Å². The molecule has 0 unspecified atom stereocenters. The van der Waals surface area contributed by atoms with E-state index in [0.29, 0.717) is 5.92 Å². The van der Waals surface area contributed by atoms with Gasteiger partial charge in [0.2, 0.25) is 0 Å². The van der Waals surface area contributed by atoms with Crippen LogP contribution >= 0.6 is 0 Å². The Balaban J connectivity index is 1.85. The quantitative estimate of drug-likeness (QED) is 0.516. The van der Waals surface area contributed by atoms with Gasteiger partial charge in [0.25, 0.3) is 0 Å². The SMILES string of the molecule is CCCCOc1cccc(CNc2cccc(OCCC(C)C)c2)c1. The zero-order valence-corrected chi connectivity index (χ0v) is 15.8. The number of nitrogens with one attached hydrogen (secondary N) is 1. The molecule has 0 heterocycles. The molecule has 0 saturated heterocycles. The molecule has 0 aromatic heterocycles. The van der Waals surface area contributed by atoms with Crippen LogP contribution in [0.5, 0.6) is 11.5 Å². The van der Waals surface area contributed by atoms with Crippen LogP contribution in [0.1, 0.15) is 45.6 Å². The molecule has 0 spiro atoms. The van der Waals surface area contributed by atoms with Gasteiger partial charge in [-0.1, -0.05) is 45.4 Å². The first-order chi connectivity index (χ1) is 12.2. The van der Waals surface area contributed by atoms with Crippen molar-refractivity contribution in [3.05, 3.63) is 54.1 Å². The van der Waals surface area contributed by atoms with Crippen molar-refractivity contribution >= 4 is 5.69 Å². The Labute approximate surface area is 152 Å². The Bertz CT molecular complexity index is 625. The average Bonchev–Trinajstić information content (AvgIpc) is 2.61. The smallest absolute Gasteiger partial charge is 0.121 e. The zero-order valence-electron chi connectivity index (χ0n) is 15.8. The van der Waals surface area contributed by atoms with E-state index in [0.717, 1.165) is 56.2 Å². The Morgan fingerprint density at radius 1 is 0.920 bits per heavy atom. The second-order valence-electron chi connectivity index (χ2n) is 6.76. The fraction of sp³-hybridized carbons (Fsp3) is 0.455. The second kappa shape index (κ2) is 10.7. The van der Waals surface area contributed by atoms with Crippen molar-refractivity contribution < 1.29 is 9.47 Å². The van der Waals surface area contributed by atoms with Gasteiger partial charge in [0, 0.05) is 18.3 Å². The molecule has 2 rings (SSSR count). The van der Waals surface area contributed by atoms with E-state index < -0.39 is 0 Å². The normalized spacial score (nSPS) is 10.7. The van der Waals surface area contributed by atoms with Gasteiger partial charge in [-0.2, -0.15) is 0 Å². The molecule has 0 aliphatic rings. The number of anilines is 1. The van der Waals surface area contributed by atoms with Crippen LogP contribution < -0.4 is 14.8 Å². The highest BCUT2D eigenvalue weighted by molar-refractivity contribution is 5.48. The third kappa shape index (κ3) is 7.51. The molecule has 25 heavy (non-hydrogen) atoms. The van der Waals surface area contributed by atoms with Crippen molar-refractivity contribution in [1.82, 2.24) is 0 Å². The maximum atomic E-state index is 5.82. The molecule has 0 saturated carbocycles. The highest BCUT2D eigenvalue weighted by atomic mass is 16.5.